The molecule has 0 amide bonds. The van der Waals surface area contributed by atoms with Crippen LogP contribution in [0.25, 0.3) is 0 Å². The van der Waals surface area contributed by atoms with E-state index < -0.39 is 0 Å². The minimum Gasteiger partial charge on any atom is -0.383 e. The van der Waals surface area contributed by atoms with Crippen molar-refractivity contribution >= 4 is 11.6 Å². The van der Waals surface area contributed by atoms with Crippen LogP contribution in [0.2, 0.25) is 0 Å². The number of nitriles is 1. The lowest BCUT2D eigenvalue weighted by atomic mass is 10.1. The second kappa shape index (κ2) is 8.71. The molecule has 18 heavy (non-hydrogen) atoms. The van der Waals surface area contributed by atoms with Crippen molar-refractivity contribution < 1.29 is 4.74 Å². The molecule has 0 unspecified atom stereocenters. The van der Waals surface area contributed by atoms with Crippen molar-refractivity contribution in [1.29, 1.82) is 5.26 Å². The monoisotopic (exact) mass is 264 g/mol. The number of ether oxygens (including phenoxy) is 1. The molecule has 1 aromatic carbocycles. The van der Waals surface area contributed by atoms with Gasteiger partial charge >= 0.3 is 0 Å². The molecule has 0 N–H and O–H groups in total. The Morgan fingerprint density at radius 3 is 2.67 bits per heavy atom. The van der Waals surface area contributed by atoms with Gasteiger partial charge < -0.3 is 4.74 Å². The first kappa shape index (κ1) is 14.7. The van der Waals surface area contributed by atoms with Crippen LogP contribution >= 0.6 is 11.6 Å². The molecule has 0 aliphatic rings. The van der Waals surface area contributed by atoms with Gasteiger partial charge in [0.1, 0.15) is 0 Å². The quantitative estimate of drug-likeness (QED) is 0.760. The summed E-state index contributed by atoms with van der Waals surface area (Å²) in [6, 6.07) is 9.73. The van der Waals surface area contributed by atoms with E-state index in [2.05, 4.69) is 11.0 Å². The summed E-state index contributed by atoms with van der Waals surface area (Å²) in [4.78, 5) is 2.23. The Morgan fingerprint density at radius 2 is 2.11 bits per heavy atom. The average Bonchev–Trinajstić information content (AvgIpc) is 2.42. The second-order valence-electron chi connectivity index (χ2n) is 3.90. The SMILES string of the molecule is COCCN(CC=CCl)Cc1ccc(C#N)cc1. The van der Waals surface area contributed by atoms with Crippen molar-refractivity contribution in [2.24, 2.45) is 0 Å². The molecule has 0 aliphatic heterocycles. The number of hydrogen-bond donors (Lipinski definition) is 0. The first-order chi connectivity index (χ1) is 8.80. The van der Waals surface area contributed by atoms with Crippen molar-refractivity contribution in [3.8, 4) is 6.07 Å². The fraction of sp³-hybridized carbons (Fsp3) is 0.357. The van der Waals surface area contributed by atoms with Crippen LogP contribution in [0.15, 0.2) is 35.9 Å². The lowest BCUT2D eigenvalue weighted by molar-refractivity contribution is 0.151. The molecule has 0 radical (unpaired) electrons. The highest BCUT2D eigenvalue weighted by atomic mass is 35.5. The molecular weight excluding hydrogens is 248 g/mol. The lowest BCUT2D eigenvalue weighted by Crippen LogP contribution is -2.27. The van der Waals surface area contributed by atoms with Crippen molar-refractivity contribution in [2.45, 2.75) is 6.54 Å². The summed E-state index contributed by atoms with van der Waals surface area (Å²) in [7, 11) is 1.69. The van der Waals surface area contributed by atoms with E-state index in [1.807, 2.05) is 30.3 Å². The van der Waals surface area contributed by atoms with Gasteiger partial charge in [0.2, 0.25) is 0 Å². The molecule has 0 bridgehead atoms. The van der Waals surface area contributed by atoms with Gasteiger partial charge in [-0.15, -0.1) is 0 Å². The maximum atomic E-state index is 8.74. The van der Waals surface area contributed by atoms with Gasteiger partial charge in [-0.1, -0.05) is 29.8 Å². The first-order valence-corrected chi connectivity index (χ1v) is 6.19. The van der Waals surface area contributed by atoms with E-state index in [-0.39, 0.29) is 0 Å². The number of hydrogen-bond acceptors (Lipinski definition) is 3. The molecule has 0 saturated carbocycles. The molecule has 96 valence electrons. The largest absolute Gasteiger partial charge is 0.383 e. The van der Waals surface area contributed by atoms with Crippen LogP contribution in [-0.4, -0.2) is 31.7 Å². The van der Waals surface area contributed by atoms with Crippen molar-refractivity contribution in [1.82, 2.24) is 4.90 Å². The topological polar surface area (TPSA) is 36.3 Å². The first-order valence-electron chi connectivity index (χ1n) is 5.75. The molecule has 0 saturated heterocycles. The number of methoxy groups -OCH3 is 1. The van der Waals surface area contributed by atoms with Crippen LogP contribution in [0.3, 0.4) is 0 Å². The van der Waals surface area contributed by atoms with Crippen LogP contribution in [0.4, 0.5) is 0 Å². The molecule has 3 nitrogen and oxygen atoms in total. The Kier molecular flexibility index (Phi) is 7.12. The Balaban J connectivity index is 2.60. The zero-order valence-corrected chi connectivity index (χ0v) is 11.2. The third-order valence-electron chi connectivity index (χ3n) is 2.55. The highest BCUT2D eigenvalue weighted by Gasteiger charge is 2.04. The van der Waals surface area contributed by atoms with Gasteiger partial charge in [-0.3, -0.25) is 4.90 Å². The van der Waals surface area contributed by atoms with Gasteiger partial charge in [-0.05, 0) is 17.7 Å². The summed E-state index contributed by atoms with van der Waals surface area (Å²) >= 11 is 5.55. The Bertz CT molecular complexity index is 409. The van der Waals surface area contributed by atoms with E-state index in [0.29, 0.717) is 12.2 Å². The summed E-state index contributed by atoms with van der Waals surface area (Å²) in [5, 5.41) is 8.74. The second-order valence-corrected chi connectivity index (χ2v) is 4.15. The summed E-state index contributed by atoms with van der Waals surface area (Å²) in [6.45, 7) is 3.13. The highest BCUT2D eigenvalue weighted by molar-refractivity contribution is 6.25. The van der Waals surface area contributed by atoms with E-state index >= 15 is 0 Å². The zero-order chi connectivity index (χ0) is 13.2. The smallest absolute Gasteiger partial charge is 0.0991 e. The Labute approximate surface area is 113 Å². The standard InChI is InChI=1S/C14H17ClN2O/c1-18-10-9-17(8-2-7-15)12-14-5-3-13(11-16)4-6-14/h2-7H,8-10,12H2,1H3. The molecule has 1 rings (SSSR count). The van der Waals surface area contributed by atoms with Gasteiger partial charge in [0.05, 0.1) is 18.2 Å². The average molecular weight is 265 g/mol. The van der Waals surface area contributed by atoms with Crippen LogP contribution in [0.1, 0.15) is 11.1 Å². The van der Waals surface area contributed by atoms with Crippen LogP contribution in [-0.2, 0) is 11.3 Å². The molecule has 0 spiro atoms. The molecule has 1 aromatic rings. The van der Waals surface area contributed by atoms with Gasteiger partial charge in [-0.2, -0.15) is 5.26 Å². The minimum atomic E-state index is 0.683. The Morgan fingerprint density at radius 1 is 1.39 bits per heavy atom. The molecular formula is C14H17ClN2O. The van der Waals surface area contributed by atoms with Gasteiger partial charge in [0.25, 0.3) is 0 Å². The van der Waals surface area contributed by atoms with E-state index in [4.69, 9.17) is 21.6 Å². The van der Waals surface area contributed by atoms with E-state index in [9.17, 15) is 0 Å². The van der Waals surface area contributed by atoms with Crippen molar-refractivity contribution in [3.63, 3.8) is 0 Å². The fourth-order valence-corrected chi connectivity index (χ4v) is 1.67. The number of benzene rings is 1. The summed E-state index contributed by atoms with van der Waals surface area (Å²) in [5.74, 6) is 0. The van der Waals surface area contributed by atoms with Crippen molar-refractivity contribution in [3.05, 3.63) is 47.0 Å². The van der Waals surface area contributed by atoms with Crippen LogP contribution in [0, 0.1) is 11.3 Å². The maximum Gasteiger partial charge on any atom is 0.0991 e. The van der Waals surface area contributed by atoms with E-state index in [0.717, 1.165) is 19.6 Å². The van der Waals surface area contributed by atoms with Crippen molar-refractivity contribution in [2.75, 3.05) is 26.8 Å². The fourth-order valence-electron chi connectivity index (χ4n) is 1.59. The van der Waals surface area contributed by atoms with E-state index in [1.165, 1.54) is 11.1 Å². The minimum absolute atomic E-state index is 0.683. The maximum absolute atomic E-state index is 8.74. The van der Waals surface area contributed by atoms with Crippen LogP contribution in [0.5, 0.6) is 0 Å². The molecule has 4 heteroatoms. The molecule has 0 atom stereocenters. The summed E-state index contributed by atoms with van der Waals surface area (Å²) in [5.41, 5.74) is 3.38. The zero-order valence-electron chi connectivity index (χ0n) is 10.5. The number of nitrogens with zero attached hydrogens (tertiary/aromatic N) is 2. The third kappa shape index (κ3) is 5.33. The number of rotatable bonds is 7. The summed E-state index contributed by atoms with van der Waals surface area (Å²) in [6.07, 6.45) is 1.90. The lowest BCUT2D eigenvalue weighted by Gasteiger charge is -2.20. The molecule has 0 aromatic heterocycles. The number of halogens is 1. The predicted molar refractivity (Wildman–Crippen MR) is 73.3 cm³/mol. The normalized spacial score (nSPS) is 11.0. The molecule has 0 aliphatic carbocycles. The molecule has 0 heterocycles. The van der Waals surface area contributed by atoms with Gasteiger partial charge in [-0.25, -0.2) is 0 Å². The van der Waals surface area contributed by atoms with Gasteiger partial charge in [0, 0.05) is 32.3 Å². The van der Waals surface area contributed by atoms with E-state index in [1.54, 1.807) is 7.11 Å². The van der Waals surface area contributed by atoms with Crippen LogP contribution < -0.4 is 0 Å². The Hall–Kier alpha value is -1.34. The highest BCUT2D eigenvalue weighted by Crippen LogP contribution is 2.07. The summed E-state index contributed by atoms with van der Waals surface area (Å²) < 4.78 is 5.08. The third-order valence-corrected chi connectivity index (χ3v) is 2.73. The van der Waals surface area contributed by atoms with Gasteiger partial charge in [0.15, 0.2) is 0 Å². The molecule has 0 fully saturated rings. The predicted octanol–water partition coefficient (Wildman–Crippen LogP) is 2.76.